The number of halogens is 4. The summed E-state index contributed by atoms with van der Waals surface area (Å²) in [6.45, 7) is 3.25. The van der Waals surface area contributed by atoms with Crippen LogP contribution in [0.2, 0.25) is 0 Å². The van der Waals surface area contributed by atoms with Crippen molar-refractivity contribution in [2.45, 2.75) is 45.2 Å². The highest BCUT2D eigenvalue weighted by molar-refractivity contribution is 5.96. The minimum atomic E-state index is -4.61. The highest BCUT2D eigenvalue weighted by atomic mass is 35.5. The molecule has 9 nitrogen and oxygen atoms in total. The highest BCUT2D eigenvalue weighted by Gasteiger charge is 2.37. The molecule has 3 heterocycles. The van der Waals surface area contributed by atoms with E-state index in [2.05, 4.69) is 30.8 Å². The largest absolute Gasteiger partial charge is 0.435 e. The Balaban J connectivity index is 0.00000400. The Morgan fingerprint density at radius 2 is 1.95 bits per heavy atom. The molecule has 0 radical (unpaired) electrons. The Hall–Kier alpha value is -3.64. The number of fused-ring (bicyclic) bond motifs is 1. The van der Waals surface area contributed by atoms with Crippen LogP contribution in [0.25, 0.3) is 16.9 Å². The second-order valence-electron chi connectivity index (χ2n) is 8.57. The van der Waals surface area contributed by atoms with E-state index < -0.39 is 11.9 Å². The Bertz CT molecular complexity index is 1370. The Morgan fingerprint density at radius 3 is 2.68 bits per heavy atom. The van der Waals surface area contributed by atoms with Crippen molar-refractivity contribution < 1.29 is 18.0 Å². The third kappa shape index (κ3) is 6.43. The fraction of sp³-hybridized carbons (Fsp3) is 0.360. The Morgan fingerprint density at radius 1 is 1.16 bits per heavy atom. The van der Waals surface area contributed by atoms with Gasteiger partial charge in [-0.05, 0) is 49.6 Å². The minimum Gasteiger partial charge on any atom is -0.352 e. The van der Waals surface area contributed by atoms with Crippen molar-refractivity contribution >= 4 is 35.5 Å². The van der Waals surface area contributed by atoms with Gasteiger partial charge < -0.3 is 16.4 Å². The summed E-state index contributed by atoms with van der Waals surface area (Å²) in [5.41, 5.74) is 7.09. The van der Waals surface area contributed by atoms with Gasteiger partial charge in [-0.1, -0.05) is 19.8 Å². The lowest BCUT2D eigenvalue weighted by Gasteiger charge is -2.13. The van der Waals surface area contributed by atoms with Gasteiger partial charge in [-0.2, -0.15) is 18.3 Å². The molecular weight excluding hydrogens is 521 g/mol. The highest BCUT2D eigenvalue weighted by Crippen LogP contribution is 2.36. The van der Waals surface area contributed by atoms with Crippen LogP contribution >= 0.6 is 12.4 Å². The summed E-state index contributed by atoms with van der Waals surface area (Å²) in [7, 11) is 0. The smallest absolute Gasteiger partial charge is 0.352 e. The molecule has 13 heteroatoms. The summed E-state index contributed by atoms with van der Waals surface area (Å²) in [5, 5.41) is 11.8. The maximum Gasteiger partial charge on any atom is 0.435 e. The average molecular weight is 551 g/mol. The Labute approximate surface area is 223 Å². The number of aryl methyl sites for hydroxylation is 1. The number of carbonyl (C=O) groups is 1. The van der Waals surface area contributed by atoms with E-state index in [1.54, 1.807) is 12.1 Å². The van der Waals surface area contributed by atoms with Crippen LogP contribution in [0.1, 0.15) is 54.2 Å². The molecule has 0 aliphatic heterocycles. The van der Waals surface area contributed by atoms with Crippen molar-refractivity contribution in [2.24, 2.45) is 5.73 Å². The monoisotopic (exact) mass is 550 g/mol. The number of anilines is 2. The summed E-state index contributed by atoms with van der Waals surface area (Å²) in [5.74, 6) is 0.239. The number of alkyl halides is 3. The minimum absolute atomic E-state index is 0. The second-order valence-corrected chi connectivity index (χ2v) is 8.57. The normalized spacial score (nSPS) is 11.4. The fourth-order valence-corrected chi connectivity index (χ4v) is 4.15. The van der Waals surface area contributed by atoms with Gasteiger partial charge in [-0.15, -0.1) is 12.4 Å². The number of hydrogen-bond donors (Lipinski definition) is 4. The van der Waals surface area contributed by atoms with Gasteiger partial charge in [-0.3, -0.25) is 14.3 Å². The number of H-pyrrole nitrogens is 1. The number of unbranched alkanes of at least 4 members (excludes halogenated alkanes) is 3. The van der Waals surface area contributed by atoms with Gasteiger partial charge in [0.1, 0.15) is 0 Å². The third-order valence-electron chi connectivity index (χ3n) is 6.02. The van der Waals surface area contributed by atoms with Crippen LogP contribution in [0.15, 0.2) is 43.0 Å². The summed E-state index contributed by atoms with van der Waals surface area (Å²) in [6, 6.07) is 5.38. The van der Waals surface area contributed by atoms with Gasteiger partial charge >= 0.3 is 6.18 Å². The molecule has 1 aromatic carbocycles. The lowest BCUT2D eigenvalue weighted by Crippen LogP contribution is -2.25. The summed E-state index contributed by atoms with van der Waals surface area (Å²) in [6.07, 6.45) is 5.55. The molecule has 1 amide bonds. The number of rotatable bonds is 11. The van der Waals surface area contributed by atoms with Crippen molar-refractivity contribution in [3.63, 3.8) is 0 Å². The van der Waals surface area contributed by atoms with Gasteiger partial charge in [-0.25, -0.2) is 9.97 Å². The molecule has 0 aliphatic carbocycles. The van der Waals surface area contributed by atoms with E-state index in [9.17, 15) is 18.0 Å². The second kappa shape index (κ2) is 12.7. The maximum absolute atomic E-state index is 13.4. The first-order chi connectivity index (χ1) is 17.8. The molecule has 204 valence electrons. The molecule has 0 atom stereocenters. The number of nitrogens with one attached hydrogen (secondary N) is 3. The summed E-state index contributed by atoms with van der Waals surface area (Å²) in [4.78, 5) is 21.3. The number of nitrogens with zero attached hydrogens (tertiary/aromatic N) is 4. The fourth-order valence-electron chi connectivity index (χ4n) is 4.15. The van der Waals surface area contributed by atoms with Gasteiger partial charge in [0.2, 0.25) is 0 Å². The van der Waals surface area contributed by atoms with Crippen LogP contribution in [-0.2, 0) is 12.6 Å². The zero-order valence-corrected chi connectivity index (χ0v) is 21.6. The first-order valence-electron chi connectivity index (χ1n) is 12.1. The first-order valence-corrected chi connectivity index (χ1v) is 12.1. The lowest BCUT2D eigenvalue weighted by atomic mass is 10.0. The average Bonchev–Trinajstić information content (AvgIpc) is 3.53. The van der Waals surface area contributed by atoms with E-state index in [1.165, 1.54) is 29.2 Å². The van der Waals surface area contributed by atoms with Crippen LogP contribution in [0, 0.1) is 0 Å². The SMILES string of the molecule is CCc1cc(Nc2nccn3c(-c4c[nH]nc4C(F)(F)F)cnc23)ccc1C(=O)NCCCCCCN.Cl. The Kier molecular flexibility index (Phi) is 9.70. The molecule has 0 fully saturated rings. The molecule has 0 bridgehead atoms. The number of aromatic amines is 1. The van der Waals surface area contributed by atoms with Crippen LogP contribution in [-0.4, -0.2) is 43.6 Å². The van der Waals surface area contributed by atoms with Crippen LogP contribution in [0.3, 0.4) is 0 Å². The molecule has 0 aliphatic rings. The van der Waals surface area contributed by atoms with E-state index in [0.29, 0.717) is 42.2 Å². The van der Waals surface area contributed by atoms with Crippen molar-refractivity contribution in [3.8, 4) is 11.3 Å². The van der Waals surface area contributed by atoms with Crippen molar-refractivity contribution in [2.75, 3.05) is 18.4 Å². The number of amides is 1. The van der Waals surface area contributed by atoms with Crippen LogP contribution in [0.4, 0.5) is 24.7 Å². The first kappa shape index (κ1) is 28.9. The predicted molar refractivity (Wildman–Crippen MR) is 142 cm³/mol. The van der Waals surface area contributed by atoms with E-state index in [-0.39, 0.29) is 29.6 Å². The van der Waals surface area contributed by atoms with Crippen molar-refractivity contribution in [1.29, 1.82) is 0 Å². The van der Waals surface area contributed by atoms with Crippen LogP contribution in [0.5, 0.6) is 0 Å². The molecule has 0 saturated heterocycles. The van der Waals surface area contributed by atoms with Crippen molar-refractivity contribution in [3.05, 3.63) is 59.8 Å². The lowest BCUT2D eigenvalue weighted by molar-refractivity contribution is -0.140. The number of imidazole rings is 1. The molecule has 38 heavy (non-hydrogen) atoms. The van der Waals surface area contributed by atoms with Gasteiger partial charge in [0.25, 0.3) is 5.91 Å². The third-order valence-corrected chi connectivity index (χ3v) is 6.02. The quantitative estimate of drug-likeness (QED) is 0.192. The van der Waals surface area contributed by atoms with E-state index in [1.807, 2.05) is 13.0 Å². The van der Waals surface area contributed by atoms with Crippen molar-refractivity contribution in [1.82, 2.24) is 29.9 Å². The molecule has 4 rings (SSSR count). The number of nitrogens with two attached hydrogens (primary N) is 1. The van der Waals surface area contributed by atoms with Gasteiger partial charge in [0.15, 0.2) is 17.2 Å². The topological polar surface area (TPSA) is 126 Å². The molecular formula is C25H30ClF3N8O. The van der Waals surface area contributed by atoms with E-state index in [0.717, 1.165) is 31.2 Å². The maximum atomic E-state index is 13.4. The van der Waals surface area contributed by atoms with E-state index in [4.69, 9.17) is 5.73 Å². The molecule has 0 saturated carbocycles. The standard InChI is InChI=1S/C25H29F3N8O.ClH/c1-2-16-13-17(7-8-18(16)24(37)31-10-6-4-3-5-9-29)34-22-23-32-15-20(36(23)12-11-30-22)19-14-33-35-21(19)25(26,27)28;/h7-8,11-15H,2-6,9-10,29H2,1H3,(H,30,34)(H,31,37)(H,33,35);1H. The number of hydrogen-bond acceptors (Lipinski definition) is 6. The van der Waals surface area contributed by atoms with Gasteiger partial charge in [0, 0.05) is 36.4 Å². The molecule has 0 unspecified atom stereocenters. The summed E-state index contributed by atoms with van der Waals surface area (Å²) >= 11 is 0. The zero-order chi connectivity index (χ0) is 26.4. The molecule has 3 aromatic heterocycles. The number of benzene rings is 1. The van der Waals surface area contributed by atoms with Crippen LogP contribution < -0.4 is 16.4 Å². The van der Waals surface area contributed by atoms with Gasteiger partial charge in [0.05, 0.1) is 17.5 Å². The molecule has 0 spiro atoms. The predicted octanol–water partition coefficient (Wildman–Crippen LogP) is 5.11. The van der Waals surface area contributed by atoms with E-state index >= 15 is 0 Å². The zero-order valence-electron chi connectivity index (χ0n) is 20.8. The number of carbonyl (C=O) groups excluding carboxylic acids is 1. The number of aromatic nitrogens is 5. The molecule has 5 N–H and O–H groups in total. The molecule has 4 aromatic rings. The summed E-state index contributed by atoms with van der Waals surface area (Å²) < 4.78 is 41.6.